The molecule has 54 valence electrons. The Morgan fingerprint density at radius 2 is 2.22 bits per heavy atom. The van der Waals surface area contributed by atoms with Crippen LogP contribution in [-0.4, -0.2) is 45.0 Å². The van der Waals surface area contributed by atoms with Crippen molar-refractivity contribution in [3.8, 4) is 0 Å². The zero-order chi connectivity index (χ0) is 7.28. The first-order chi connectivity index (χ1) is 4.22. The Kier molecular flexibility index (Phi) is 4.26. The molecule has 1 atom stereocenters. The van der Waals surface area contributed by atoms with Crippen LogP contribution in [0.25, 0.3) is 0 Å². The average molecular weight is 131 g/mol. The molecule has 0 aliphatic rings. The minimum absolute atomic E-state index is 0.102. The summed E-state index contributed by atoms with van der Waals surface area (Å²) in [5.74, 6) is 0. The van der Waals surface area contributed by atoms with Crippen LogP contribution in [0, 0.1) is 0 Å². The van der Waals surface area contributed by atoms with E-state index in [1.807, 2.05) is 19.0 Å². The highest BCUT2D eigenvalue weighted by atomic mass is 16.5. The van der Waals surface area contributed by atoms with Crippen molar-refractivity contribution in [3.05, 3.63) is 0 Å². The van der Waals surface area contributed by atoms with Gasteiger partial charge >= 0.3 is 0 Å². The third-order valence-electron chi connectivity index (χ3n) is 1.16. The van der Waals surface area contributed by atoms with Gasteiger partial charge in [-0.05, 0) is 14.1 Å². The molecule has 0 heterocycles. The van der Waals surface area contributed by atoms with Gasteiger partial charge in [0.25, 0.3) is 0 Å². The highest BCUT2D eigenvalue weighted by Gasteiger charge is 2.07. The van der Waals surface area contributed by atoms with Crippen LogP contribution in [0.2, 0.25) is 0 Å². The molecule has 0 aromatic heterocycles. The molecule has 0 spiro atoms. The van der Waals surface area contributed by atoms with Crippen LogP contribution in [0.3, 0.4) is 0 Å². The quantitative estimate of drug-likeness (QED) is 0.493. The normalized spacial score (nSPS) is 13.8. The third kappa shape index (κ3) is 3.21. The van der Waals surface area contributed by atoms with E-state index in [0.29, 0.717) is 6.61 Å². The molecule has 3 heteroatoms. The number of rotatable bonds is 4. The Morgan fingerprint density at radius 3 is 2.33 bits per heavy atom. The van der Waals surface area contributed by atoms with Gasteiger partial charge in [0.1, 0.15) is 6.29 Å². The molecule has 0 rings (SSSR count). The van der Waals surface area contributed by atoms with Gasteiger partial charge in [-0.1, -0.05) is 0 Å². The van der Waals surface area contributed by atoms with Crippen molar-refractivity contribution in [1.29, 1.82) is 0 Å². The first kappa shape index (κ1) is 8.59. The first-order valence-corrected chi connectivity index (χ1v) is 2.83. The van der Waals surface area contributed by atoms with E-state index < -0.39 is 0 Å². The third-order valence-corrected chi connectivity index (χ3v) is 1.16. The summed E-state index contributed by atoms with van der Waals surface area (Å²) in [5, 5.41) is 0. The van der Waals surface area contributed by atoms with E-state index in [0.717, 1.165) is 6.29 Å². The van der Waals surface area contributed by atoms with Gasteiger partial charge < -0.3 is 9.53 Å². The lowest BCUT2D eigenvalue weighted by atomic mass is 10.3. The number of ether oxygens (including phenoxy) is 1. The Morgan fingerprint density at radius 1 is 1.67 bits per heavy atom. The molecule has 9 heavy (non-hydrogen) atoms. The average Bonchev–Trinajstić information content (AvgIpc) is 1.82. The highest BCUT2D eigenvalue weighted by Crippen LogP contribution is 1.87. The molecule has 0 amide bonds. The van der Waals surface area contributed by atoms with E-state index >= 15 is 0 Å². The number of hydrogen-bond donors (Lipinski definition) is 0. The van der Waals surface area contributed by atoms with Gasteiger partial charge in [0.05, 0.1) is 12.6 Å². The molecule has 0 aliphatic carbocycles. The lowest BCUT2D eigenvalue weighted by Gasteiger charge is -2.16. The van der Waals surface area contributed by atoms with Gasteiger partial charge in [0, 0.05) is 7.11 Å². The molecule has 0 aliphatic heterocycles. The predicted molar refractivity (Wildman–Crippen MR) is 35.4 cm³/mol. The highest BCUT2D eigenvalue weighted by molar-refractivity contribution is 5.57. The van der Waals surface area contributed by atoms with Crippen molar-refractivity contribution in [2.24, 2.45) is 0 Å². The van der Waals surface area contributed by atoms with Gasteiger partial charge in [-0.25, -0.2) is 0 Å². The molecule has 0 radical (unpaired) electrons. The van der Waals surface area contributed by atoms with Crippen LogP contribution in [0.15, 0.2) is 0 Å². The molecule has 0 saturated heterocycles. The van der Waals surface area contributed by atoms with Gasteiger partial charge in [-0.15, -0.1) is 0 Å². The smallest absolute Gasteiger partial charge is 0.139 e. The molecule has 0 unspecified atom stereocenters. The van der Waals surface area contributed by atoms with E-state index in [2.05, 4.69) is 0 Å². The van der Waals surface area contributed by atoms with Crippen molar-refractivity contribution < 1.29 is 9.53 Å². The van der Waals surface area contributed by atoms with Crippen LogP contribution in [0.1, 0.15) is 0 Å². The van der Waals surface area contributed by atoms with Crippen LogP contribution < -0.4 is 0 Å². The summed E-state index contributed by atoms with van der Waals surface area (Å²) in [6.07, 6.45) is 0.878. The first-order valence-electron chi connectivity index (χ1n) is 2.83. The van der Waals surface area contributed by atoms with Crippen molar-refractivity contribution in [2.45, 2.75) is 6.04 Å². The summed E-state index contributed by atoms with van der Waals surface area (Å²) in [6.45, 7) is 0.469. The van der Waals surface area contributed by atoms with Gasteiger partial charge in [0.2, 0.25) is 0 Å². The molecule has 0 saturated carbocycles. The minimum Gasteiger partial charge on any atom is -0.383 e. The van der Waals surface area contributed by atoms with E-state index in [1.165, 1.54) is 0 Å². The fourth-order valence-electron chi connectivity index (χ4n) is 0.481. The van der Waals surface area contributed by atoms with E-state index in [4.69, 9.17) is 4.74 Å². The van der Waals surface area contributed by atoms with E-state index in [-0.39, 0.29) is 6.04 Å². The number of carbonyl (C=O) groups is 1. The summed E-state index contributed by atoms with van der Waals surface area (Å²) in [6, 6.07) is -0.102. The molecule has 0 fully saturated rings. The predicted octanol–water partition coefficient (Wildman–Crippen LogP) is -0.238. The largest absolute Gasteiger partial charge is 0.383 e. The summed E-state index contributed by atoms with van der Waals surface area (Å²) in [5.41, 5.74) is 0. The van der Waals surface area contributed by atoms with Crippen LogP contribution in [0.4, 0.5) is 0 Å². The van der Waals surface area contributed by atoms with Gasteiger partial charge in [-0.3, -0.25) is 4.90 Å². The Balaban J connectivity index is 3.54. The maximum Gasteiger partial charge on any atom is 0.139 e. The number of hydrogen-bond acceptors (Lipinski definition) is 3. The van der Waals surface area contributed by atoms with Gasteiger partial charge in [0.15, 0.2) is 0 Å². The SMILES string of the molecule is COC[C@@H](C=O)N(C)C. The second-order valence-corrected chi connectivity index (χ2v) is 2.12. The van der Waals surface area contributed by atoms with Crippen molar-refractivity contribution in [1.82, 2.24) is 4.90 Å². The Hall–Kier alpha value is -0.410. The molecule has 3 nitrogen and oxygen atoms in total. The van der Waals surface area contributed by atoms with Crippen molar-refractivity contribution >= 4 is 6.29 Å². The molecule has 0 aromatic rings. The number of methoxy groups -OCH3 is 1. The molecular weight excluding hydrogens is 118 g/mol. The summed E-state index contributed by atoms with van der Waals surface area (Å²) >= 11 is 0. The van der Waals surface area contributed by atoms with E-state index in [1.54, 1.807) is 7.11 Å². The fourth-order valence-corrected chi connectivity index (χ4v) is 0.481. The Labute approximate surface area is 55.6 Å². The monoisotopic (exact) mass is 131 g/mol. The topological polar surface area (TPSA) is 29.5 Å². The van der Waals surface area contributed by atoms with Crippen molar-refractivity contribution in [3.63, 3.8) is 0 Å². The number of likely N-dealkylation sites (N-methyl/N-ethyl adjacent to an activating group) is 1. The standard InChI is InChI=1S/C6H13NO2/c1-7(2)6(4-8)5-9-3/h4,6H,5H2,1-3H3/t6-/m1/s1. The number of aldehydes is 1. The summed E-state index contributed by atoms with van der Waals surface area (Å²) < 4.78 is 4.78. The maximum atomic E-state index is 10.2. The fraction of sp³-hybridized carbons (Fsp3) is 0.833. The Bertz CT molecular complexity index is 83.1. The zero-order valence-corrected chi connectivity index (χ0v) is 6.13. The second kappa shape index (κ2) is 4.47. The van der Waals surface area contributed by atoms with Crippen LogP contribution >= 0.6 is 0 Å². The summed E-state index contributed by atoms with van der Waals surface area (Å²) in [4.78, 5) is 12.0. The van der Waals surface area contributed by atoms with Crippen LogP contribution in [-0.2, 0) is 9.53 Å². The van der Waals surface area contributed by atoms with Crippen molar-refractivity contribution in [2.75, 3.05) is 27.8 Å². The zero-order valence-electron chi connectivity index (χ0n) is 6.13. The molecular formula is C6H13NO2. The maximum absolute atomic E-state index is 10.2. The molecule has 0 N–H and O–H groups in total. The molecule has 0 aromatic carbocycles. The molecule has 0 bridgehead atoms. The lowest BCUT2D eigenvalue weighted by Crippen LogP contribution is -2.33. The number of carbonyl (C=O) groups excluding carboxylic acids is 1. The second-order valence-electron chi connectivity index (χ2n) is 2.12. The minimum atomic E-state index is -0.102. The van der Waals surface area contributed by atoms with Crippen LogP contribution in [0.5, 0.6) is 0 Å². The van der Waals surface area contributed by atoms with Gasteiger partial charge in [-0.2, -0.15) is 0 Å². The summed E-state index contributed by atoms with van der Waals surface area (Å²) in [7, 11) is 5.27. The lowest BCUT2D eigenvalue weighted by molar-refractivity contribution is -0.113. The number of nitrogens with zero attached hydrogens (tertiary/aromatic N) is 1. The van der Waals surface area contributed by atoms with E-state index in [9.17, 15) is 4.79 Å².